The number of hydrogen-bond acceptors (Lipinski definition) is 3. The van der Waals surface area contributed by atoms with Crippen LogP contribution >= 0.6 is 11.8 Å². The van der Waals surface area contributed by atoms with Crippen molar-refractivity contribution >= 4 is 17.5 Å². The molecule has 0 saturated heterocycles. The predicted molar refractivity (Wildman–Crippen MR) is 73.6 cm³/mol. The van der Waals surface area contributed by atoms with E-state index in [0.29, 0.717) is 0 Å². The summed E-state index contributed by atoms with van der Waals surface area (Å²) in [6.45, 7) is 1.58. The van der Waals surface area contributed by atoms with E-state index in [4.69, 9.17) is 4.74 Å². The molecule has 0 aliphatic carbocycles. The van der Waals surface area contributed by atoms with Gasteiger partial charge in [0.2, 0.25) is 0 Å². The highest BCUT2D eigenvalue weighted by atomic mass is 32.2. The Morgan fingerprint density at radius 2 is 1.44 bits per heavy atom. The Hall–Kier alpha value is -1.74. The quantitative estimate of drug-likeness (QED) is 0.774. The smallest absolute Gasteiger partial charge is 0.159 e. The highest BCUT2D eigenvalue weighted by molar-refractivity contribution is 7.99. The molecule has 0 N–H and O–H groups in total. The number of ether oxygens (including phenoxy) is 1. The van der Waals surface area contributed by atoms with E-state index in [9.17, 15) is 4.79 Å². The summed E-state index contributed by atoms with van der Waals surface area (Å²) in [5.41, 5.74) is 0.745. The Balaban J connectivity index is 2.10. The van der Waals surface area contributed by atoms with Crippen LogP contribution in [-0.4, -0.2) is 12.9 Å². The highest BCUT2D eigenvalue weighted by Crippen LogP contribution is 2.29. The average Bonchev–Trinajstić information content (AvgIpc) is 2.40. The molecule has 0 unspecified atom stereocenters. The zero-order chi connectivity index (χ0) is 13.0. The highest BCUT2D eigenvalue weighted by Gasteiger charge is 2.01. The lowest BCUT2D eigenvalue weighted by Gasteiger charge is -2.04. The second-order valence-corrected chi connectivity index (χ2v) is 5.01. The van der Waals surface area contributed by atoms with Crippen LogP contribution < -0.4 is 4.74 Å². The van der Waals surface area contributed by atoms with Gasteiger partial charge in [-0.3, -0.25) is 4.79 Å². The molecule has 2 aromatic rings. The van der Waals surface area contributed by atoms with Crippen molar-refractivity contribution in [1.29, 1.82) is 0 Å². The van der Waals surface area contributed by atoms with Gasteiger partial charge in [-0.25, -0.2) is 0 Å². The topological polar surface area (TPSA) is 26.3 Å². The number of carbonyl (C=O) groups excluding carboxylic acids is 1. The Labute approximate surface area is 111 Å². The summed E-state index contributed by atoms with van der Waals surface area (Å²) in [5.74, 6) is 0.947. The van der Waals surface area contributed by atoms with Crippen molar-refractivity contribution in [1.82, 2.24) is 0 Å². The minimum absolute atomic E-state index is 0.0935. The molecular weight excluding hydrogens is 244 g/mol. The monoisotopic (exact) mass is 258 g/mol. The first kappa shape index (κ1) is 12.7. The Morgan fingerprint density at radius 1 is 0.944 bits per heavy atom. The maximum absolute atomic E-state index is 11.2. The van der Waals surface area contributed by atoms with Crippen LogP contribution in [0.5, 0.6) is 5.75 Å². The van der Waals surface area contributed by atoms with Crippen LogP contribution in [0.2, 0.25) is 0 Å². The second kappa shape index (κ2) is 5.74. The molecule has 2 aromatic carbocycles. The molecule has 2 nitrogen and oxygen atoms in total. The summed E-state index contributed by atoms with van der Waals surface area (Å²) in [5, 5.41) is 0. The molecule has 0 fully saturated rings. The van der Waals surface area contributed by atoms with Gasteiger partial charge in [0.15, 0.2) is 5.78 Å². The standard InChI is InChI=1S/C15H14O2S/c1-11(16)12-3-7-14(8-4-12)18-15-9-5-13(17-2)6-10-15/h3-10H,1-2H3. The molecule has 0 saturated carbocycles. The van der Waals surface area contributed by atoms with Crippen molar-refractivity contribution in [2.24, 2.45) is 0 Å². The number of methoxy groups -OCH3 is 1. The number of benzene rings is 2. The van der Waals surface area contributed by atoms with Crippen molar-refractivity contribution in [3.8, 4) is 5.75 Å². The normalized spacial score (nSPS) is 10.1. The molecule has 0 aromatic heterocycles. The van der Waals surface area contributed by atoms with Gasteiger partial charge in [-0.15, -0.1) is 0 Å². The largest absolute Gasteiger partial charge is 0.497 e. The molecule has 92 valence electrons. The van der Waals surface area contributed by atoms with Crippen LogP contribution in [0.15, 0.2) is 58.3 Å². The molecule has 0 aliphatic heterocycles. The maximum atomic E-state index is 11.2. The molecule has 0 heterocycles. The summed E-state index contributed by atoms with van der Waals surface area (Å²) in [4.78, 5) is 13.4. The molecule has 0 spiro atoms. The molecule has 0 amide bonds. The van der Waals surface area contributed by atoms with Gasteiger partial charge in [0.25, 0.3) is 0 Å². The maximum Gasteiger partial charge on any atom is 0.159 e. The minimum Gasteiger partial charge on any atom is -0.497 e. The van der Waals surface area contributed by atoms with Crippen molar-refractivity contribution in [2.45, 2.75) is 16.7 Å². The Kier molecular flexibility index (Phi) is 4.05. The van der Waals surface area contributed by atoms with Crippen LogP contribution in [0.1, 0.15) is 17.3 Å². The van der Waals surface area contributed by atoms with E-state index in [1.807, 2.05) is 48.5 Å². The van der Waals surface area contributed by atoms with Gasteiger partial charge in [0.1, 0.15) is 5.75 Å². The number of carbonyl (C=O) groups is 1. The summed E-state index contributed by atoms with van der Waals surface area (Å²) >= 11 is 1.66. The van der Waals surface area contributed by atoms with E-state index in [0.717, 1.165) is 21.1 Å². The van der Waals surface area contributed by atoms with Crippen molar-refractivity contribution < 1.29 is 9.53 Å². The lowest BCUT2D eigenvalue weighted by molar-refractivity contribution is 0.101. The van der Waals surface area contributed by atoms with Crippen molar-refractivity contribution in [2.75, 3.05) is 7.11 Å². The van der Waals surface area contributed by atoms with Gasteiger partial charge in [0.05, 0.1) is 7.11 Å². The number of rotatable bonds is 4. The van der Waals surface area contributed by atoms with Gasteiger partial charge >= 0.3 is 0 Å². The van der Waals surface area contributed by atoms with Crippen LogP contribution in [-0.2, 0) is 0 Å². The fourth-order valence-corrected chi connectivity index (χ4v) is 2.35. The fourth-order valence-electron chi connectivity index (χ4n) is 1.54. The molecule has 18 heavy (non-hydrogen) atoms. The van der Waals surface area contributed by atoms with Crippen LogP contribution in [0.3, 0.4) is 0 Å². The second-order valence-electron chi connectivity index (χ2n) is 3.86. The van der Waals surface area contributed by atoms with Gasteiger partial charge in [0, 0.05) is 15.4 Å². The summed E-state index contributed by atoms with van der Waals surface area (Å²) in [6, 6.07) is 15.5. The van der Waals surface area contributed by atoms with Crippen LogP contribution in [0, 0.1) is 0 Å². The minimum atomic E-state index is 0.0935. The molecule has 0 bridgehead atoms. The third-order valence-corrected chi connectivity index (χ3v) is 3.57. The van der Waals surface area contributed by atoms with E-state index < -0.39 is 0 Å². The van der Waals surface area contributed by atoms with E-state index in [1.54, 1.807) is 25.8 Å². The van der Waals surface area contributed by atoms with Gasteiger partial charge < -0.3 is 4.74 Å². The van der Waals surface area contributed by atoms with Crippen LogP contribution in [0.25, 0.3) is 0 Å². The molecule has 0 aliphatic rings. The molecule has 0 radical (unpaired) electrons. The zero-order valence-corrected chi connectivity index (χ0v) is 11.2. The van der Waals surface area contributed by atoms with E-state index in [2.05, 4.69) is 0 Å². The van der Waals surface area contributed by atoms with Gasteiger partial charge in [-0.1, -0.05) is 23.9 Å². The Morgan fingerprint density at radius 3 is 1.89 bits per heavy atom. The lowest BCUT2D eigenvalue weighted by Crippen LogP contribution is -1.90. The molecular formula is C15H14O2S. The van der Waals surface area contributed by atoms with Crippen molar-refractivity contribution in [3.63, 3.8) is 0 Å². The summed E-state index contributed by atoms with van der Waals surface area (Å²) in [7, 11) is 1.66. The first-order valence-corrected chi connectivity index (χ1v) is 6.43. The van der Waals surface area contributed by atoms with E-state index in [-0.39, 0.29) is 5.78 Å². The molecule has 3 heteroatoms. The van der Waals surface area contributed by atoms with Crippen molar-refractivity contribution in [3.05, 3.63) is 54.1 Å². The van der Waals surface area contributed by atoms with E-state index >= 15 is 0 Å². The summed E-state index contributed by atoms with van der Waals surface area (Å²) in [6.07, 6.45) is 0. The average molecular weight is 258 g/mol. The fraction of sp³-hybridized carbons (Fsp3) is 0.133. The Bertz CT molecular complexity index is 529. The third-order valence-electron chi connectivity index (χ3n) is 2.56. The number of Topliss-reactive ketones (excluding diaryl/α,β-unsaturated/α-hetero) is 1. The number of ketones is 1. The SMILES string of the molecule is COc1ccc(Sc2ccc(C(C)=O)cc2)cc1. The first-order valence-electron chi connectivity index (χ1n) is 5.62. The first-order chi connectivity index (χ1) is 8.69. The van der Waals surface area contributed by atoms with Crippen LogP contribution in [0.4, 0.5) is 0 Å². The van der Waals surface area contributed by atoms with Gasteiger partial charge in [-0.05, 0) is 43.3 Å². The van der Waals surface area contributed by atoms with E-state index in [1.165, 1.54) is 0 Å². The molecule has 2 rings (SSSR count). The molecule has 0 atom stereocenters. The summed E-state index contributed by atoms with van der Waals surface area (Å²) < 4.78 is 5.11. The van der Waals surface area contributed by atoms with Gasteiger partial charge in [-0.2, -0.15) is 0 Å². The number of hydrogen-bond donors (Lipinski definition) is 0. The zero-order valence-electron chi connectivity index (χ0n) is 10.3. The third kappa shape index (κ3) is 3.14. The predicted octanol–water partition coefficient (Wildman–Crippen LogP) is 4.05. The lowest BCUT2D eigenvalue weighted by atomic mass is 10.2.